The van der Waals surface area contributed by atoms with Crippen LogP contribution in [0.2, 0.25) is 0 Å². The summed E-state index contributed by atoms with van der Waals surface area (Å²) < 4.78 is 7.61. The fourth-order valence-corrected chi connectivity index (χ4v) is 3.72. The molecule has 0 unspecified atom stereocenters. The molecule has 1 heterocycles. The van der Waals surface area contributed by atoms with E-state index < -0.39 is 4.92 Å². The zero-order valence-corrected chi connectivity index (χ0v) is 19.8. The van der Waals surface area contributed by atoms with Crippen LogP contribution >= 0.6 is 0 Å². The molecule has 8 nitrogen and oxygen atoms in total. The maximum Gasteiger partial charge on any atom is 0.269 e. The summed E-state index contributed by atoms with van der Waals surface area (Å²) in [6.07, 6.45) is 0. The molecule has 0 spiro atoms. The van der Waals surface area contributed by atoms with E-state index >= 15 is 0 Å². The van der Waals surface area contributed by atoms with E-state index in [2.05, 4.69) is 41.6 Å². The summed E-state index contributed by atoms with van der Waals surface area (Å²) in [6.45, 7) is 6.72. The zero-order chi connectivity index (χ0) is 24.9. The van der Waals surface area contributed by atoms with Gasteiger partial charge in [0.1, 0.15) is 12.4 Å². The van der Waals surface area contributed by atoms with Crippen molar-refractivity contribution in [1.29, 1.82) is 0 Å². The second kappa shape index (κ2) is 10.2. The van der Waals surface area contributed by atoms with Crippen molar-refractivity contribution in [3.8, 4) is 5.75 Å². The zero-order valence-electron chi connectivity index (χ0n) is 19.8. The predicted octanol–water partition coefficient (Wildman–Crippen LogP) is 5.60. The minimum absolute atomic E-state index is 0.00351. The summed E-state index contributed by atoms with van der Waals surface area (Å²) in [6, 6.07) is 21.3. The first-order valence-electron chi connectivity index (χ1n) is 11.2. The summed E-state index contributed by atoms with van der Waals surface area (Å²) in [5, 5.41) is 18.4. The number of nitrogens with one attached hydrogen (secondary N) is 1. The summed E-state index contributed by atoms with van der Waals surface area (Å²) in [4.78, 5) is 23.3. The van der Waals surface area contributed by atoms with Crippen molar-refractivity contribution in [2.24, 2.45) is 0 Å². The molecular weight excluding hydrogens is 444 g/mol. The van der Waals surface area contributed by atoms with Gasteiger partial charge in [0.15, 0.2) is 0 Å². The quantitative estimate of drug-likeness (QED) is 0.267. The van der Waals surface area contributed by atoms with Gasteiger partial charge in [0, 0.05) is 17.7 Å². The fourth-order valence-electron chi connectivity index (χ4n) is 3.72. The molecule has 0 aliphatic carbocycles. The molecule has 1 aromatic heterocycles. The van der Waals surface area contributed by atoms with Crippen LogP contribution in [0.1, 0.15) is 38.4 Å². The van der Waals surface area contributed by atoms with Crippen LogP contribution in [0, 0.1) is 30.9 Å². The molecule has 1 amide bonds. The lowest BCUT2D eigenvalue weighted by atomic mass is 10.1. The van der Waals surface area contributed by atoms with Crippen molar-refractivity contribution in [3.63, 3.8) is 0 Å². The molecule has 0 bridgehead atoms. The molecule has 35 heavy (non-hydrogen) atoms. The maximum absolute atomic E-state index is 13.0. The molecule has 1 N–H and O–H groups in total. The molecule has 0 saturated carbocycles. The van der Waals surface area contributed by atoms with E-state index in [9.17, 15) is 14.9 Å². The van der Waals surface area contributed by atoms with Crippen molar-refractivity contribution >= 4 is 17.3 Å². The van der Waals surface area contributed by atoms with Gasteiger partial charge in [-0.3, -0.25) is 19.6 Å². The highest BCUT2D eigenvalue weighted by molar-refractivity contribution is 6.05. The monoisotopic (exact) mass is 470 g/mol. The van der Waals surface area contributed by atoms with Crippen molar-refractivity contribution < 1.29 is 14.5 Å². The molecule has 0 atom stereocenters. The number of carbonyl (C=O) groups is 1. The third kappa shape index (κ3) is 5.73. The SMILES string of the molecule is Cc1ccc(Cn2nc(C)c(NC(=O)c3cccc(COc4ccc([N+](=O)[O-])cc4)c3)c2C)cc1. The van der Waals surface area contributed by atoms with Gasteiger partial charge in [0.25, 0.3) is 11.6 Å². The van der Waals surface area contributed by atoms with Gasteiger partial charge in [0.2, 0.25) is 0 Å². The van der Waals surface area contributed by atoms with E-state index in [1.807, 2.05) is 24.6 Å². The Bertz CT molecular complexity index is 1360. The van der Waals surface area contributed by atoms with Gasteiger partial charge in [-0.25, -0.2) is 0 Å². The van der Waals surface area contributed by atoms with Gasteiger partial charge in [0.05, 0.1) is 28.5 Å². The van der Waals surface area contributed by atoms with E-state index in [1.165, 1.54) is 17.7 Å². The Kier molecular flexibility index (Phi) is 6.91. The normalized spacial score (nSPS) is 10.7. The average Bonchev–Trinajstić information content (AvgIpc) is 3.11. The Morgan fingerprint density at radius 3 is 2.40 bits per heavy atom. The Morgan fingerprint density at radius 1 is 1.00 bits per heavy atom. The number of aryl methyl sites for hydroxylation is 2. The molecular formula is C27H26N4O4. The number of aromatic nitrogens is 2. The smallest absolute Gasteiger partial charge is 0.269 e. The number of rotatable bonds is 8. The number of hydrogen-bond acceptors (Lipinski definition) is 5. The van der Waals surface area contributed by atoms with Crippen LogP contribution in [-0.4, -0.2) is 20.6 Å². The largest absolute Gasteiger partial charge is 0.489 e. The van der Waals surface area contributed by atoms with E-state index in [-0.39, 0.29) is 18.2 Å². The average molecular weight is 471 g/mol. The van der Waals surface area contributed by atoms with Gasteiger partial charge in [-0.2, -0.15) is 5.10 Å². The van der Waals surface area contributed by atoms with Crippen molar-refractivity contribution in [2.45, 2.75) is 33.9 Å². The maximum atomic E-state index is 13.0. The second-order valence-corrected chi connectivity index (χ2v) is 8.38. The summed E-state index contributed by atoms with van der Waals surface area (Å²) >= 11 is 0. The number of carbonyl (C=O) groups excluding carboxylic acids is 1. The number of nitro benzene ring substituents is 1. The molecule has 178 valence electrons. The molecule has 0 aliphatic rings. The first-order valence-corrected chi connectivity index (χ1v) is 11.2. The lowest BCUT2D eigenvalue weighted by Gasteiger charge is -2.10. The number of amides is 1. The van der Waals surface area contributed by atoms with Crippen LogP contribution in [0.4, 0.5) is 11.4 Å². The van der Waals surface area contributed by atoms with Crippen LogP contribution in [-0.2, 0) is 13.2 Å². The third-order valence-corrected chi connectivity index (χ3v) is 5.72. The Labute approximate surface area is 203 Å². The van der Waals surface area contributed by atoms with Crippen LogP contribution in [0.25, 0.3) is 0 Å². The van der Waals surface area contributed by atoms with Gasteiger partial charge in [-0.05, 0) is 56.2 Å². The summed E-state index contributed by atoms with van der Waals surface area (Å²) in [7, 11) is 0. The van der Waals surface area contributed by atoms with Gasteiger partial charge in [-0.1, -0.05) is 42.0 Å². The Hall–Kier alpha value is -4.46. The first-order chi connectivity index (χ1) is 16.8. The van der Waals surface area contributed by atoms with Gasteiger partial charge < -0.3 is 10.1 Å². The van der Waals surface area contributed by atoms with Crippen LogP contribution in [0.3, 0.4) is 0 Å². The standard InChI is InChI=1S/C27H26N4O4/c1-18-7-9-21(10-8-18)16-30-20(3)26(19(2)29-30)28-27(32)23-6-4-5-22(15-23)17-35-25-13-11-24(12-14-25)31(33)34/h4-15H,16-17H2,1-3H3,(H,28,32). The van der Waals surface area contributed by atoms with Crippen molar-refractivity contribution in [3.05, 3.63) is 117 Å². The highest BCUT2D eigenvalue weighted by Gasteiger charge is 2.16. The summed E-state index contributed by atoms with van der Waals surface area (Å²) in [5.41, 5.74) is 5.99. The number of hydrogen-bond donors (Lipinski definition) is 1. The lowest BCUT2D eigenvalue weighted by molar-refractivity contribution is -0.384. The van der Waals surface area contributed by atoms with Crippen molar-refractivity contribution in [2.75, 3.05) is 5.32 Å². The number of non-ortho nitro benzene ring substituents is 1. The minimum Gasteiger partial charge on any atom is -0.489 e. The highest BCUT2D eigenvalue weighted by atomic mass is 16.6. The number of benzene rings is 3. The lowest BCUT2D eigenvalue weighted by Crippen LogP contribution is -2.14. The molecule has 0 aliphatic heterocycles. The van der Waals surface area contributed by atoms with E-state index in [0.29, 0.717) is 23.5 Å². The Balaban J connectivity index is 1.42. The first kappa shape index (κ1) is 23.7. The van der Waals surface area contributed by atoms with E-state index in [4.69, 9.17) is 4.74 Å². The number of nitro groups is 1. The van der Waals surface area contributed by atoms with E-state index in [0.717, 1.165) is 22.5 Å². The van der Waals surface area contributed by atoms with Crippen LogP contribution in [0.5, 0.6) is 5.75 Å². The second-order valence-electron chi connectivity index (χ2n) is 8.38. The molecule has 0 radical (unpaired) electrons. The molecule has 8 heteroatoms. The topological polar surface area (TPSA) is 99.3 Å². The molecule has 4 aromatic rings. The van der Waals surface area contributed by atoms with Gasteiger partial charge in [-0.15, -0.1) is 0 Å². The van der Waals surface area contributed by atoms with Gasteiger partial charge >= 0.3 is 0 Å². The fraction of sp³-hybridized carbons (Fsp3) is 0.185. The molecule has 4 rings (SSSR count). The predicted molar refractivity (Wildman–Crippen MR) is 134 cm³/mol. The van der Waals surface area contributed by atoms with E-state index in [1.54, 1.807) is 30.3 Å². The molecule has 0 fully saturated rings. The van der Waals surface area contributed by atoms with Crippen molar-refractivity contribution in [1.82, 2.24) is 9.78 Å². The number of nitrogens with zero attached hydrogens (tertiary/aromatic N) is 3. The number of ether oxygens (including phenoxy) is 1. The van der Waals surface area contributed by atoms with Crippen LogP contribution in [0.15, 0.2) is 72.8 Å². The minimum atomic E-state index is -0.457. The summed E-state index contributed by atoms with van der Waals surface area (Å²) in [5.74, 6) is 0.279. The Morgan fingerprint density at radius 2 is 1.71 bits per heavy atom. The number of anilines is 1. The molecule has 0 saturated heterocycles. The highest BCUT2D eigenvalue weighted by Crippen LogP contribution is 2.22. The van der Waals surface area contributed by atoms with Crippen LogP contribution < -0.4 is 10.1 Å². The molecule has 3 aromatic carbocycles. The third-order valence-electron chi connectivity index (χ3n) is 5.72.